The Kier molecular flexibility index (Phi) is 4.10. The summed E-state index contributed by atoms with van der Waals surface area (Å²) in [5.74, 6) is 0.245. The van der Waals surface area contributed by atoms with E-state index in [0.29, 0.717) is 41.2 Å². The van der Waals surface area contributed by atoms with Crippen molar-refractivity contribution >= 4 is 29.1 Å². The van der Waals surface area contributed by atoms with Crippen molar-refractivity contribution in [3.63, 3.8) is 0 Å². The number of nitrogens with zero attached hydrogens (tertiary/aromatic N) is 3. The number of morpholine rings is 1. The SMILES string of the molecule is O=C(c1ccc(Cl)c(Cl)c1)N1CCOCC1c1ncon1. The van der Waals surface area contributed by atoms with Crippen molar-refractivity contribution in [1.82, 2.24) is 15.0 Å². The topological polar surface area (TPSA) is 68.5 Å². The molecule has 0 N–H and O–H groups in total. The Labute approximate surface area is 130 Å². The molecule has 1 amide bonds. The van der Waals surface area contributed by atoms with Crippen LogP contribution in [0.5, 0.6) is 0 Å². The number of hydrogen-bond acceptors (Lipinski definition) is 5. The third-order valence-corrected chi connectivity index (χ3v) is 3.97. The Morgan fingerprint density at radius 3 is 2.90 bits per heavy atom. The normalized spacial score (nSPS) is 18.8. The third-order valence-electron chi connectivity index (χ3n) is 3.23. The first-order valence-corrected chi connectivity index (χ1v) is 7.02. The van der Waals surface area contributed by atoms with Crippen LogP contribution in [0.1, 0.15) is 22.2 Å². The zero-order valence-corrected chi connectivity index (χ0v) is 12.3. The largest absolute Gasteiger partial charge is 0.377 e. The summed E-state index contributed by atoms with van der Waals surface area (Å²) in [6, 6.07) is 4.41. The molecule has 1 aromatic carbocycles. The molecule has 0 bridgehead atoms. The van der Waals surface area contributed by atoms with Gasteiger partial charge in [0.05, 0.1) is 23.3 Å². The standard InChI is InChI=1S/C13H11Cl2N3O3/c14-9-2-1-8(5-10(9)15)13(19)18-3-4-20-6-11(18)12-16-7-21-17-12/h1-2,5,7,11H,3-4,6H2. The highest BCUT2D eigenvalue weighted by molar-refractivity contribution is 6.42. The Morgan fingerprint density at radius 2 is 2.19 bits per heavy atom. The number of rotatable bonds is 2. The highest BCUT2D eigenvalue weighted by atomic mass is 35.5. The lowest BCUT2D eigenvalue weighted by Crippen LogP contribution is -2.43. The van der Waals surface area contributed by atoms with Crippen LogP contribution in [0.2, 0.25) is 10.0 Å². The summed E-state index contributed by atoms with van der Waals surface area (Å²) in [4.78, 5) is 18.3. The zero-order valence-electron chi connectivity index (χ0n) is 10.8. The number of benzene rings is 1. The molecule has 1 fully saturated rings. The number of amides is 1. The fraction of sp³-hybridized carbons (Fsp3) is 0.308. The molecule has 2 heterocycles. The molecule has 8 heteroatoms. The van der Waals surface area contributed by atoms with Crippen LogP contribution in [0, 0.1) is 0 Å². The Hall–Kier alpha value is -1.63. The minimum Gasteiger partial charge on any atom is -0.377 e. The van der Waals surface area contributed by atoms with E-state index >= 15 is 0 Å². The first-order chi connectivity index (χ1) is 10.2. The highest BCUT2D eigenvalue weighted by Gasteiger charge is 2.32. The first kappa shape index (κ1) is 14.3. The average Bonchev–Trinajstić information content (AvgIpc) is 3.03. The van der Waals surface area contributed by atoms with E-state index in [2.05, 4.69) is 10.1 Å². The molecule has 0 spiro atoms. The monoisotopic (exact) mass is 327 g/mol. The third kappa shape index (κ3) is 2.88. The summed E-state index contributed by atoms with van der Waals surface area (Å²) in [5, 5.41) is 4.54. The van der Waals surface area contributed by atoms with Crippen LogP contribution in [-0.4, -0.2) is 40.7 Å². The molecule has 110 valence electrons. The lowest BCUT2D eigenvalue weighted by Gasteiger charge is -2.33. The second-order valence-corrected chi connectivity index (χ2v) is 5.32. The molecule has 21 heavy (non-hydrogen) atoms. The number of ether oxygens (including phenoxy) is 1. The number of carbonyl (C=O) groups excluding carboxylic acids is 1. The highest BCUT2D eigenvalue weighted by Crippen LogP contribution is 2.27. The van der Waals surface area contributed by atoms with Gasteiger partial charge in [-0.1, -0.05) is 28.4 Å². The van der Waals surface area contributed by atoms with Gasteiger partial charge in [0.15, 0.2) is 5.82 Å². The lowest BCUT2D eigenvalue weighted by molar-refractivity contribution is -0.00576. The van der Waals surface area contributed by atoms with E-state index in [1.165, 1.54) is 6.39 Å². The van der Waals surface area contributed by atoms with Crippen LogP contribution in [0.4, 0.5) is 0 Å². The molecule has 0 radical (unpaired) electrons. The Morgan fingerprint density at radius 1 is 1.33 bits per heavy atom. The Bertz CT molecular complexity index is 648. The van der Waals surface area contributed by atoms with Gasteiger partial charge in [0.25, 0.3) is 5.91 Å². The molecule has 6 nitrogen and oxygen atoms in total. The van der Waals surface area contributed by atoms with Crippen LogP contribution in [-0.2, 0) is 4.74 Å². The summed E-state index contributed by atoms with van der Waals surface area (Å²) in [5.41, 5.74) is 0.458. The van der Waals surface area contributed by atoms with Crippen molar-refractivity contribution in [2.75, 3.05) is 19.8 Å². The lowest BCUT2D eigenvalue weighted by atomic mass is 10.1. The van der Waals surface area contributed by atoms with Crippen molar-refractivity contribution in [2.24, 2.45) is 0 Å². The summed E-state index contributed by atoms with van der Waals surface area (Å²) in [6.07, 6.45) is 1.23. The van der Waals surface area contributed by atoms with Gasteiger partial charge in [0, 0.05) is 12.1 Å². The van der Waals surface area contributed by atoms with Gasteiger partial charge < -0.3 is 14.2 Å². The van der Waals surface area contributed by atoms with E-state index < -0.39 is 0 Å². The first-order valence-electron chi connectivity index (χ1n) is 6.27. The minimum atomic E-state index is -0.376. The zero-order chi connectivity index (χ0) is 14.8. The quantitative estimate of drug-likeness (QED) is 0.848. The molecule has 1 aromatic heterocycles. The second-order valence-electron chi connectivity index (χ2n) is 4.51. The minimum absolute atomic E-state index is 0.174. The van der Waals surface area contributed by atoms with E-state index in [0.717, 1.165) is 0 Å². The van der Waals surface area contributed by atoms with Crippen molar-refractivity contribution < 1.29 is 14.1 Å². The molecule has 1 aliphatic rings. The second kappa shape index (κ2) is 6.01. The predicted molar refractivity (Wildman–Crippen MR) is 75.4 cm³/mol. The van der Waals surface area contributed by atoms with E-state index in [-0.39, 0.29) is 11.9 Å². The summed E-state index contributed by atoms with van der Waals surface area (Å²) in [7, 11) is 0. The van der Waals surface area contributed by atoms with Gasteiger partial charge in [-0.15, -0.1) is 0 Å². The molecular formula is C13H11Cl2N3O3. The van der Waals surface area contributed by atoms with Crippen LogP contribution < -0.4 is 0 Å². The maximum Gasteiger partial charge on any atom is 0.254 e. The van der Waals surface area contributed by atoms with Crippen LogP contribution >= 0.6 is 23.2 Å². The maximum absolute atomic E-state index is 12.7. The van der Waals surface area contributed by atoms with Gasteiger partial charge in [0.2, 0.25) is 6.39 Å². The molecule has 1 aliphatic heterocycles. The van der Waals surface area contributed by atoms with Crippen molar-refractivity contribution in [1.29, 1.82) is 0 Å². The average molecular weight is 328 g/mol. The smallest absolute Gasteiger partial charge is 0.254 e. The summed E-state index contributed by atoms with van der Waals surface area (Å²) < 4.78 is 10.1. The van der Waals surface area contributed by atoms with Crippen molar-refractivity contribution in [2.45, 2.75) is 6.04 Å². The molecular weight excluding hydrogens is 317 g/mol. The van der Waals surface area contributed by atoms with Crippen molar-refractivity contribution in [3.05, 3.63) is 46.0 Å². The maximum atomic E-state index is 12.7. The molecule has 0 saturated carbocycles. The van der Waals surface area contributed by atoms with Gasteiger partial charge >= 0.3 is 0 Å². The molecule has 0 aliphatic carbocycles. The van der Waals surface area contributed by atoms with E-state index in [1.807, 2.05) is 0 Å². The molecule has 1 atom stereocenters. The van der Waals surface area contributed by atoms with Gasteiger partial charge in [-0.25, -0.2) is 0 Å². The Balaban J connectivity index is 1.89. The fourth-order valence-corrected chi connectivity index (χ4v) is 2.48. The fourth-order valence-electron chi connectivity index (χ4n) is 2.18. The number of halogens is 2. The van der Waals surface area contributed by atoms with Crippen LogP contribution in [0.3, 0.4) is 0 Å². The summed E-state index contributed by atoms with van der Waals surface area (Å²) in [6.45, 7) is 1.23. The van der Waals surface area contributed by atoms with Crippen molar-refractivity contribution in [3.8, 4) is 0 Å². The summed E-state index contributed by atoms with van der Waals surface area (Å²) >= 11 is 11.8. The molecule has 3 rings (SSSR count). The van der Waals surface area contributed by atoms with E-state index in [9.17, 15) is 4.79 Å². The predicted octanol–water partition coefficient (Wildman–Crippen LogP) is 2.59. The number of aromatic nitrogens is 2. The molecule has 1 saturated heterocycles. The van der Waals surface area contributed by atoms with Gasteiger partial charge in [-0.3, -0.25) is 4.79 Å². The van der Waals surface area contributed by atoms with Gasteiger partial charge in [0.1, 0.15) is 6.04 Å². The number of hydrogen-bond donors (Lipinski definition) is 0. The number of carbonyl (C=O) groups is 1. The molecule has 2 aromatic rings. The van der Waals surface area contributed by atoms with Gasteiger partial charge in [-0.2, -0.15) is 4.98 Å². The van der Waals surface area contributed by atoms with E-state index in [4.69, 9.17) is 32.5 Å². The van der Waals surface area contributed by atoms with Crippen LogP contribution in [0.15, 0.2) is 29.1 Å². The van der Waals surface area contributed by atoms with Crippen LogP contribution in [0.25, 0.3) is 0 Å². The van der Waals surface area contributed by atoms with E-state index in [1.54, 1.807) is 23.1 Å². The molecule has 1 unspecified atom stereocenters. The van der Waals surface area contributed by atoms with Gasteiger partial charge in [-0.05, 0) is 18.2 Å².